The number of thioether (sulfide) groups is 1. The molecule has 3 aliphatic carbocycles. The van der Waals surface area contributed by atoms with Crippen LogP contribution < -0.4 is 0 Å². The zero-order valence-electron chi connectivity index (χ0n) is 16.3. The van der Waals surface area contributed by atoms with Gasteiger partial charge in [0.1, 0.15) is 5.75 Å². The van der Waals surface area contributed by atoms with Gasteiger partial charge in [-0.15, -0.1) is 11.8 Å². The third-order valence-corrected chi connectivity index (χ3v) is 9.52. The van der Waals surface area contributed by atoms with Crippen LogP contribution in [0.4, 0.5) is 0 Å². The summed E-state index contributed by atoms with van der Waals surface area (Å²) in [5.74, 6) is 1.13. The van der Waals surface area contributed by atoms with Gasteiger partial charge in [-0.25, -0.2) is 0 Å². The lowest BCUT2D eigenvalue weighted by atomic mass is 9.55. The second-order valence-corrected chi connectivity index (χ2v) is 11.2. The van der Waals surface area contributed by atoms with Crippen LogP contribution in [0.2, 0.25) is 0 Å². The summed E-state index contributed by atoms with van der Waals surface area (Å²) in [6, 6.07) is 13.5. The van der Waals surface area contributed by atoms with Crippen LogP contribution in [0.3, 0.4) is 0 Å². The average molecular weight is 473 g/mol. The van der Waals surface area contributed by atoms with Crippen molar-refractivity contribution in [3.8, 4) is 5.75 Å². The Balaban J connectivity index is 1.61. The molecule has 5 rings (SSSR count). The molecule has 0 saturated heterocycles. The Morgan fingerprint density at radius 2 is 1.86 bits per heavy atom. The third kappa shape index (κ3) is 3.08. The molecular weight excluding hydrogens is 448 g/mol. The van der Waals surface area contributed by atoms with Crippen molar-refractivity contribution in [2.75, 3.05) is 0 Å². The Bertz CT molecular complexity index is 959. The fourth-order valence-corrected chi connectivity index (χ4v) is 7.77. The number of hydrogen-bond acceptors (Lipinski definition) is 4. The van der Waals surface area contributed by atoms with Crippen molar-refractivity contribution in [2.45, 2.75) is 54.8 Å². The number of halogens is 1. The Morgan fingerprint density at radius 1 is 1.10 bits per heavy atom. The van der Waals surface area contributed by atoms with Crippen LogP contribution in [0, 0.1) is 17.3 Å². The first kappa shape index (κ1) is 19.7. The maximum Gasteiger partial charge on any atom is 0.176 e. The maximum absolute atomic E-state index is 13.7. The second-order valence-electron chi connectivity index (χ2n) is 9.06. The van der Waals surface area contributed by atoms with Gasteiger partial charge in [-0.3, -0.25) is 4.79 Å². The zero-order valence-corrected chi connectivity index (χ0v) is 18.7. The van der Waals surface area contributed by atoms with E-state index in [0.29, 0.717) is 17.4 Å². The number of carbonyl (C=O) groups is 1. The summed E-state index contributed by atoms with van der Waals surface area (Å²) in [5, 5.41) is 20.6. The summed E-state index contributed by atoms with van der Waals surface area (Å²) in [6.07, 6.45) is 3.51. The van der Waals surface area contributed by atoms with E-state index in [9.17, 15) is 15.0 Å². The molecule has 152 valence electrons. The molecule has 5 heteroatoms. The fraction of sp³-hybridized carbons (Fsp3) is 0.458. The quantitative estimate of drug-likeness (QED) is 0.581. The molecule has 0 bridgehead atoms. The smallest absolute Gasteiger partial charge is 0.176 e. The number of fused-ring (bicyclic) bond motifs is 5. The summed E-state index contributed by atoms with van der Waals surface area (Å²) >= 11 is 5.14. The van der Waals surface area contributed by atoms with Crippen LogP contribution in [-0.2, 0) is 0 Å². The van der Waals surface area contributed by atoms with Crippen LogP contribution >= 0.6 is 27.7 Å². The van der Waals surface area contributed by atoms with E-state index in [-0.39, 0.29) is 34.2 Å². The number of aliphatic hydroxyl groups is 1. The van der Waals surface area contributed by atoms with E-state index in [1.807, 2.05) is 18.2 Å². The summed E-state index contributed by atoms with van der Waals surface area (Å²) < 4.78 is 1.02. The van der Waals surface area contributed by atoms with Crippen LogP contribution in [0.25, 0.3) is 0 Å². The highest BCUT2D eigenvalue weighted by molar-refractivity contribution is 9.10. The minimum absolute atomic E-state index is 0.103. The lowest BCUT2D eigenvalue weighted by molar-refractivity contribution is -0.0193. The van der Waals surface area contributed by atoms with Gasteiger partial charge in [0.05, 0.1) is 11.4 Å². The topological polar surface area (TPSA) is 57.5 Å². The Hall–Kier alpha value is -1.30. The number of aromatic hydroxyl groups is 1. The molecule has 3 unspecified atom stereocenters. The number of benzene rings is 2. The number of carbonyl (C=O) groups excluding carboxylic acids is 1. The summed E-state index contributed by atoms with van der Waals surface area (Å²) in [4.78, 5) is 14.7. The average Bonchev–Trinajstić information content (AvgIpc) is 3.01. The maximum atomic E-state index is 13.7. The molecule has 3 aliphatic rings. The van der Waals surface area contributed by atoms with E-state index in [4.69, 9.17) is 0 Å². The summed E-state index contributed by atoms with van der Waals surface area (Å²) in [5.41, 5.74) is 1.67. The van der Waals surface area contributed by atoms with Gasteiger partial charge >= 0.3 is 0 Å². The van der Waals surface area contributed by atoms with Gasteiger partial charge in [-0.05, 0) is 90.8 Å². The number of phenols is 1. The predicted molar refractivity (Wildman–Crippen MR) is 119 cm³/mol. The van der Waals surface area contributed by atoms with Crippen molar-refractivity contribution in [3.05, 3.63) is 58.1 Å². The van der Waals surface area contributed by atoms with Crippen molar-refractivity contribution < 1.29 is 15.0 Å². The normalized spacial score (nSPS) is 35.7. The number of rotatable bonds is 2. The van der Waals surface area contributed by atoms with E-state index in [1.54, 1.807) is 23.9 Å². The molecule has 6 atom stereocenters. The molecule has 2 N–H and O–H groups in total. The highest BCUT2D eigenvalue weighted by atomic mass is 79.9. The van der Waals surface area contributed by atoms with E-state index >= 15 is 0 Å². The Labute approximate surface area is 184 Å². The number of hydrogen-bond donors (Lipinski definition) is 2. The molecule has 2 aromatic carbocycles. The van der Waals surface area contributed by atoms with E-state index in [0.717, 1.165) is 40.6 Å². The van der Waals surface area contributed by atoms with Crippen LogP contribution in [0.1, 0.15) is 54.4 Å². The van der Waals surface area contributed by atoms with Gasteiger partial charge in [0.25, 0.3) is 0 Å². The highest BCUT2D eigenvalue weighted by Crippen LogP contribution is 2.62. The van der Waals surface area contributed by atoms with Crippen molar-refractivity contribution in [2.24, 2.45) is 17.3 Å². The molecule has 29 heavy (non-hydrogen) atoms. The number of aliphatic hydroxyl groups excluding tert-OH is 1. The first-order valence-electron chi connectivity index (χ1n) is 10.4. The molecular formula is C24H25BrO3S. The first-order valence-corrected chi connectivity index (χ1v) is 12.0. The molecule has 0 spiro atoms. The number of phenolic OH excluding ortho intramolecular Hbond substituents is 1. The van der Waals surface area contributed by atoms with Gasteiger partial charge in [-0.1, -0.05) is 28.9 Å². The second kappa shape index (κ2) is 7.14. The first-order chi connectivity index (χ1) is 13.9. The monoisotopic (exact) mass is 472 g/mol. The van der Waals surface area contributed by atoms with Gasteiger partial charge in [0, 0.05) is 14.9 Å². The molecule has 0 aromatic heterocycles. The lowest BCUT2D eigenvalue weighted by Crippen LogP contribution is -2.50. The van der Waals surface area contributed by atoms with E-state index in [2.05, 4.69) is 35.0 Å². The number of Topliss-reactive ketones (excluding diaryl/α,β-unsaturated/α-hetero) is 1. The molecule has 2 saturated carbocycles. The summed E-state index contributed by atoms with van der Waals surface area (Å²) in [6.45, 7) is 2.23. The van der Waals surface area contributed by atoms with Crippen LogP contribution in [0.5, 0.6) is 5.75 Å². The van der Waals surface area contributed by atoms with E-state index in [1.165, 1.54) is 0 Å². The molecule has 0 amide bonds. The number of ketones is 1. The van der Waals surface area contributed by atoms with Gasteiger partial charge in [0.2, 0.25) is 0 Å². The van der Waals surface area contributed by atoms with Gasteiger partial charge in [-0.2, -0.15) is 0 Å². The van der Waals surface area contributed by atoms with Gasteiger partial charge in [0.15, 0.2) is 5.78 Å². The molecule has 0 aliphatic heterocycles. The third-order valence-electron chi connectivity index (χ3n) is 7.67. The van der Waals surface area contributed by atoms with Crippen molar-refractivity contribution in [3.63, 3.8) is 0 Å². The largest absolute Gasteiger partial charge is 0.508 e. The van der Waals surface area contributed by atoms with Crippen LogP contribution in [-0.4, -0.2) is 27.4 Å². The molecule has 0 radical (unpaired) electrons. The minimum Gasteiger partial charge on any atom is -0.508 e. The van der Waals surface area contributed by atoms with Gasteiger partial charge < -0.3 is 10.2 Å². The Morgan fingerprint density at radius 3 is 2.62 bits per heavy atom. The van der Waals surface area contributed by atoms with Crippen molar-refractivity contribution in [1.82, 2.24) is 0 Å². The van der Waals surface area contributed by atoms with Crippen molar-refractivity contribution in [1.29, 1.82) is 0 Å². The highest BCUT2D eigenvalue weighted by Gasteiger charge is 2.58. The summed E-state index contributed by atoms with van der Waals surface area (Å²) in [7, 11) is 0. The zero-order chi connectivity index (χ0) is 20.3. The lowest BCUT2D eigenvalue weighted by Gasteiger charge is -2.52. The predicted octanol–water partition coefficient (Wildman–Crippen LogP) is 5.78. The fourth-order valence-electron chi connectivity index (χ4n) is 6.15. The molecule has 3 nitrogen and oxygen atoms in total. The van der Waals surface area contributed by atoms with E-state index < -0.39 is 0 Å². The van der Waals surface area contributed by atoms with Crippen molar-refractivity contribution >= 4 is 33.5 Å². The molecule has 2 fully saturated rings. The molecule has 0 heterocycles. The minimum atomic E-state index is -0.275. The molecule has 2 aromatic rings. The Kier molecular flexibility index (Phi) is 4.84. The SMILES string of the molecule is C[C@]12CCC3c4ccc(O)cc4C(=O)[C@@H](Sc4ccc(Br)cc4)C3C1CC[C@@H]2O. The van der Waals surface area contributed by atoms with Crippen LogP contribution in [0.15, 0.2) is 51.8 Å². The standard InChI is InChI=1S/C24H25BrO3S/c1-24-11-10-17-16-7-4-14(26)12-18(16)22(28)23(21(17)19(24)8-9-20(24)27)29-15-5-2-13(25)3-6-15/h2-7,12,17,19-21,23,26-27H,8-11H2,1H3/t17?,19?,20-,21?,23-,24-/m0/s1.